The van der Waals surface area contributed by atoms with Crippen molar-refractivity contribution < 1.29 is 19.2 Å². The van der Waals surface area contributed by atoms with Crippen molar-refractivity contribution in [1.82, 2.24) is 18.9 Å². The molecule has 0 radical (unpaired) electrons. The Labute approximate surface area is 306 Å². The molecule has 0 aliphatic carbocycles. The number of carbonyl (C=O) groups is 4. The topological polar surface area (TPSA) is 153 Å². The summed E-state index contributed by atoms with van der Waals surface area (Å²) in [7, 11) is 0. The largest absolute Gasteiger partial charge is 0.269 e. The molecule has 0 saturated heterocycles. The van der Waals surface area contributed by atoms with Crippen molar-refractivity contribution in [3.05, 3.63) is 100 Å². The molecule has 3 aromatic carbocycles. The third-order valence-electron chi connectivity index (χ3n) is 9.47. The van der Waals surface area contributed by atoms with Crippen LogP contribution in [0.4, 0.5) is 0 Å². The average Bonchev–Trinajstić information content (AvgIpc) is 3.40. The zero-order chi connectivity index (χ0) is 38.9. The van der Waals surface area contributed by atoms with Gasteiger partial charge in [0.1, 0.15) is 0 Å². The van der Waals surface area contributed by atoms with E-state index in [1.807, 2.05) is 0 Å². The smallest absolute Gasteiger partial charge is 0.262 e. The van der Waals surface area contributed by atoms with Gasteiger partial charge in [-0.1, -0.05) is 7.43 Å². The lowest BCUT2D eigenvalue weighted by Gasteiger charge is -2.40. The molecule has 2 aliphatic heterocycles. The molecule has 0 fully saturated rings. The van der Waals surface area contributed by atoms with Gasteiger partial charge in [-0.3, -0.25) is 57.3 Å². The van der Waals surface area contributed by atoms with Crippen molar-refractivity contribution in [3.8, 4) is 0 Å². The number of aromatic nitrogens is 2. The first-order valence-corrected chi connectivity index (χ1v) is 17.0. The molecule has 53 heavy (non-hydrogen) atoms. The van der Waals surface area contributed by atoms with E-state index in [1.54, 1.807) is 107 Å². The van der Waals surface area contributed by atoms with Crippen molar-refractivity contribution in [3.63, 3.8) is 0 Å². The van der Waals surface area contributed by atoms with Gasteiger partial charge in [0.2, 0.25) is 0 Å². The monoisotopic (exact) mass is 722 g/mol. The van der Waals surface area contributed by atoms with Crippen LogP contribution < -0.4 is 22.2 Å². The molecule has 2 aliphatic rings. The molecule has 5 aromatic rings. The van der Waals surface area contributed by atoms with Crippen molar-refractivity contribution in [2.45, 2.75) is 113 Å². The third kappa shape index (κ3) is 5.57. The summed E-state index contributed by atoms with van der Waals surface area (Å²) >= 11 is 0. The second-order valence-electron chi connectivity index (χ2n) is 17.5. The Balaban J connectivity index is 0.000000203. The minimum absolute atomic E-state index is 0. The van der Waals surface area contributed by atoms with Crippen molar-refractivity contribution in [2.24, 2.45) is 0 Å². The summed E-state index contributed by atoms with van der Waals surface area (Å²) in [5.41, 5.74) is -3.09. The number of imide groups is 2. The van der Waals surface area contributed by atoms with Crippen LogP contribution in [0.25, 0.3) is 32.3 Å². The Morgan fingerprint density at radius 3 is 0.736 bits per heavy atom. The first-order valence-electron chi connectivity index (χ1n) is 17.0. The zero-order valence-electron chi connectivity index (χ0n) is 31.5. The van der Waals surface area contributed by atoms with E-state index in [0.29, 0.717) is 33.0 Å². The summed E-state index contributed by atoms with van der Waals surface area (Å²) in [6.45, 7) is 21.4. The van der Waals surface area contributed by atoms with Gasteiger partial charge >= 0.3 is 0 Å². The number of hydrogen-bond acceptors (Lipinski definition) is 8. The number of fused-ring (bicyclic) bond motifs is 2. The molecule has 0 bridgehead atoms. The van der Waals surface area contributed by atoms with Crippen molar-refractivity contribution >= 4 is 55.9 Å². The molecule has 0 N–H and O–H groups in total. The van der Waals surface area contributed by atoms with Crippen LogP contribution in [0.15, 0.2) is 55.6 Å². The molecule has 2 aromatic heterocycles. The molecule has 4 amide bonds. The van der Waals surface area contributed by atoms with Gasteiger partial charge < -0.3 is 0 Å². The van der Waals surface area contributed by atoms with Crippen LogP contribution in [-0.2, 0) is 11.1 Å². The molecule has 7 rings (SSSR count). The molecule has 12 nitrogen and oxygen atoms in total. The van der Waals surface area contributed by atoms with Gasteiger partial charge in [-0.25, -0.2) is 0 Å². The predicted molar refractivity (Wildman–Crippen MR) is 206 cm³/mol. The molecular weight excluding hydrogens is 676 g/mol. The van der Waals surface area contributed by atoms with Crippen LogP contribution in [0.3, 0.4) is 0 Å². The summed E-state index contributed by atoms with van der Waals surface area (Å²) < 4.78 is 2.34. The summed E-state index contributed by atoms with van der Waals surface area (Å²) in [6, 6.07) is 9.14. The number of benzene rings is 3. The van der Waals surface area contributed by atoms with Crippen molar-refractivity contribution in [2.75, 3.05) is 0 Å². The Kier molecular flexibility index (Phi) is 8.58. The zero-order valence-corrected chi connectivity index (χ0v) is 31.5. The molecule has 0 unspecified atom stereocenters. The van der Waals surface area contributed by atoms with E-state index in [0.717, 1.165) is 0 Å². The van der Waals surface area contributed by atoms with E-state index in [-0.39, 0.29) is 29.0 Å². The molecule has 0 spiro atoms. The second-order valence-corrected chi connectivity index (χ2v) is 17.5. The van der Waals surface area contributed by atoms with Gasteiger partial charge in [-0.2, -0.15) is 0 Å². The Bertz CT molecular complexity index is 2350. The van der Waals surface area contributed by atoms with E-state index in [9.17, 15) is 38.4 Å². The van der Waals surface area contributed by atoms with E-state index in [2.05, 4.69) is 0 Å². The lowest BCUT2D eigenvalue weighted by molar-refractivity contribution is 0.0436. The Hall–Kier alpha value is -5.52. The number of rotatable bonds is 0. The van der Waals surface area contributed by atoms with E-state index < -0.39 is 68.0 Å². The average molecular weight is 723 g/mol. The highest BCUT2D eigenvalue weighted by Gasteiger charge is 2.44. The first-order chi connectivity index (χ1) is 23.7. The van der Waals surface area contributed by atoms with Crippen LogP contribution in [0, 0.1) is 0 Å². The van der Waals surface area contributed by atoms with Gasteiger partial charge in [0.25, 0.3) is 45.9 Å². The molecule has 278 valence electrons. The molecular formula is C41H46N4O8. The van der Waals surface area contributed by atoms with Crippen LogP contribution in [-0.4, -0.2) is 53.6 Å². The first kappa shape index (κ1) is 38.7. The minimum Gasteiger partial charge on any atom is -0.269 e. The SMILES string of the molecule is C.CC(C)(C)N1C(=O)c2ccc3c4c(ccc(c24)C1=O)C(=O)N(C(C)(C)C)C3=O.CC(C)(C)n1c(=O)c2cc3c(=O)n(C(C)(C)C)c(=O)c3cc2c1=O. The van der Waals surface area contributed by atoms with E-state index >= 15 is 0 Å². The minimum atomic E-state index is -0.693. The standard InChI is InChI=1S/C22H22N2O4.C18H20N2O4.CH4/c1-21(2,3)23-17(25)11-7-9-13-16-14(10-8-12(15(11)16)18(23)26)20(28)24(19(13)27)22(4,5)6;1-17(2,3)19-13(21)9-7-11-12(8-10(9)14(19)22)16(24)20(15(11)23)18(4,5)6;/h7-10H,1-6H3;7-8H,1-6H3;1H4. The fourth-order valence-corrected chi connectivity index (χ4v) is 7.29. The highest BCUT2D eigenvalue weighted by molar-refractivity contribution is 6.33. The quantitative estimate of drug-likeness (QED) is 0.185. The van der Waals surface area contributed by atoms with Crippen LogP contribution in [0.1, 0.15) is 132 Å². The highest BCUT2D eigenvalue weighted by atomic mass is 16.2. The second kappa shape index (κ2) is 11.7. The van der Waals surface area contributed by atoms with Crippen LogP contribution in [0.2, 0.25) is 0 Å². The van der Waals surface area contributed by atoms with E-state index in [4.69, 9.17) is 0 Å². The Morgan fingerprint density at radius 2 is 0.566 bits per heavy atom. The third-order valence-corrected chi connectivity index (χ3v) is 9.47. The predicted octanol–water partition coefficient (Wildman–Crippen LogP) is 5.69. The maximum absolute atomic E-state index is 13.1. The number of hydrogen-bond donors (Lipinski definition) is 0. The molecule has 0 saturated carbocycles. The maximum Gasteiger partial charge on any atom is 0.262 e. The molecule has 4 heterocycles. The number of carbonyl (C=O) groups excluding carboxylic acids is 4. The van der Waals surface area contributed by atoms with Crippen LogP contribution in [0.5, 0.6) is 0 Å². The number of amides is 4. The van der Waals surface area contributed by atoms with Gasteiger partial charge in [0.15, 0.2) is 0 Å². The van der Waals surface area contributed by atoms with E-state index in [1.165, 1.54) is 31.1 Å². The summed E-state index contributed by atoms with van der Waals surface area (Å²) in [5.74, 6) is -1.64. The molecule has 12 heteroatoms. The fourth-order valence-electron chi connectivity index (χ4n) is 7.29. The van der Waals surface area contributed by atoms with Gasteiger partial charge in [-0.05, 0) is 119 Å². The number of nitrogens with zero attached hydrogens (tertiary/aromatic N) is 4. The van der Waals surface area contributed by atoms with Gasteiger partial charge in [0, 0.05) is 55.2 Å². The van der Waals surface area contributed by atoms with Gasteiger partial charge in [-0.15, -0.1) is 0 Å². The maximum atomic E-state index is 13.1. The lowest BCUT2D eigenvalue weighted by Crippen LogP contribution is -2.53. The lowest BCUT2D eigenvalue weighted by atomic mass is 9.84. The molecule has 0 atom stereocenters. The van der Waals surface area contributed by atoms with Gasteiger partial charge in [0.05, 0.1) is 21.5 Å². The fraction of sp³-hybridized carbons (Fsp3) is 0.415. The Morgan fingerprint density at radius 1 is 0.358 bits per heavy atom. The normalized spacial score (nSPS) is 15.0. The van der Waals surface area contributed by atoms with Crippen LogP contribution >= 0.6 is 0 Å². The summed E-state index contributed by atoms with van der Waals surface area (Å²) in [6.07, 6.45) is 0. The summed E-state index contributed by atoms with van der Waals surface area (Å²) in [4.78, 5) is 105. The van der Waals surface area contributed by atoms with Crippen molar-refractivity contribution in [1.29, 1.82) is 0 Å². The highest BCUT2D eigenvalue weighted by Crippen LogP contribution is 2.40. The summed E-state index contributed by atoms with van der Waals surface area (Å²) in [5, 5.41) is 1.55.